The number of halogens is 1. The molecule has 6 heteroatoms. The quantitative estimate of drug-likeness (QED) is 0.798. The van der Waals surface area contributed by atoms with Crippen molar-refractivity contribution in [2.24, 2.45) is 0 Å². The molecule has 0 atom stereocenters. The Kier molecular flexibility index (Phi) is 4.30. The van der Waals surface area contributed by atoms with Crippen LogP contribution in [0.3, 0.4) is 0 Å². The van der Waals surface area contributed by atoms with Crippen LogP contribution in [-0.4, -0.2) is 10.5 Å². The van der Waals surface area contributed by atoms with Gasteiger partial charge in [0, 0.05) is 23.0 Å². The standard InChI is InChI=1S/C17H13ClN2O3/c18-12-4-3-5-13(10-12)19-17(22)15-8-7-14(23-15)11-20-9-2-1-6-16(20)21/h1-10H,11H2,(H,19,22). The van der Waals surface area contributed by atoms with Crippen LogP contribution in [0.4, 0.5) is 5.69 Å². The SMILES string of the molecule is O=C(Nc1cccc(Cl)c1)c1ccc(Cn2ccccc2=O)o1. The van der Waals surface area contributed by atoms with Crippen LogP contribution in [0.2, 0.25) is 5.02 Å². The number of aromatic nitrogens is 1. The molecule has 2 heterocycles. The Labute approximate surface area is 137 Å². The molecule has 0 saturated heterocycles. The van der Waals surface area contributed by atoms with Gasteiger partial charge in [0.15, 0.2) is 5.76 Å². The molecular formula is C17H13ClN2O3. The molecule has 3 rings (SSSR count). The van der Waals surface area contributed by atoms with E-state index in [9.17, 15) is 9.59 Å². The van der Waals surface area contributed by atoms with E-state index >= 15 is 0 Å². The van der Waals surface area contributed by atoms with Gasteiger partial charge in [-0.1, -0.05) is 23.7 Å². The van der Waals surface area contributed by atoms with Crippen molar-refractivity contribution in [3.8, 4) is 0 Å². The average Bonchev–Trinajstić information content (AvgIpc) is 2.98. The summed E-state index contributed by atoms with van der Waals surface area (Å²) in [6, 6.07) is 15.0. The van der Waals surface area contributed by atoms with E-state index in [-0.39, 0.29) is 23.8 Å². The Balaban J connectivity index is 1.73. The fraction of sp³-hybridized carbons (Fsp3) is 0.0588. The highest BCUT2D eigenvalue weighted by Crippen LogP contribution is 2.17. The zero-order valence-electron chi connectivity index (χ0n) is 12.0. The third-order valence-corrected chi connectivity index (χ3v) is 3.43. The smallest absolute Gasteiger partial charge is 0.291 e. The monoisotopic (exact) mass is 328 g/mol. The van der Waals surface area contributed by atoms with Gasteiger partial charge in [-0.15, -0.1) is 0 Å². The minimum absolute atomic E-state index is 0.131. The Morgan fingerprint density at radius 1 is 1.13 bits per heavy atom. The van der Waals surface area contributed by atoms with E-state index in [1.54, 1.807) is 54.7 Å². The number of furan rings is 1. The lowest BCUT2D eigenvalue weighted by molar-refractivity contribution is 0.0995. The Hall–Kier alpha value is -2.79. The van der Waals surface area contributed by atoms with E-state index in [4.69, 9.17) is 16.0 Å². The second kappa shape index (κ2) is 6.54. The molecule has 0 radical (unpaired) electrons. The lowest BCUT2D eigenvalue weighted by Gasteiger charge is -2.04. The summed E-state index contributed by atoms with van der Waals surface area (Å²) < 4.78 is 7.00. The first kappa shape index (κ1) is 15.1. The van der Waals surface area contributed by atoms with Crippen LogP contribution in [0.5, 0.6) is 0 Å². The second-order valence-corrected chi connectivity index (χ2v) is 5.33. The summed E-state index contributed by atoms with van der Waals surface area (Å²) in [6.07, 6.45) is 1.66. The zero-order valence-corrected chi connectivity index (χ0v) is 12.8. The first-order valence-electron chi connectivity index (χ1n) is 6.93. The summed E-state index contributed by atoms with van der Waals surface area (Å²) in [4.78, 5) is 23.8. The predicted octanol–water partition coefficient (Wildman–Crippen LogP) is 3.40. The molecule has 2 aromatic heterocycles. The first-order chi connectivity index (χ1) is 11.1. The van der Waals surface area contributed by atoms with E-state index in [0.717, 1.165) is 0 Å². The van der Waals surface area contributed by atoms with Crippen LogP contribution in [0.15, 0.2) is 70.0 Å². The molecule has 0 aliphatic heterocycles. The van der Waals surface area contributed by atoms with E-state index in [0.29, 0.717) is 16.5 Å². The van der Waals surface area contributed by atoms with Crippen molar-refractivity contribution in [2.45, 2.75) is 6.54 Å². The number of hydrogen-bond acceptors (Lipinski definition) is 3. The molecule has 3 aromatic rings. The summed E-state index contributed by atoms with van der Waals surface area (Å²) in [5.74, 6) is 0.317. The van der Waals surface area contributed by atoms with Gasteiger partial charge < -0.3 is 14.3 Å². The summed E-state index contributed by atoms with van der Waals surface area (Å²) in [6.45, 7) is 0.268. The molecule has 1 aromatic carbocycles. The van der Waals surface area contributed by atoms with Gasteiger partial charge in [-0.25, -0.2) is 0 Å². The van der Waals surface area contributed by atoms with Gasteiger partial charge in [0.25, 0.3) is 11.5 Å². The van der Waals surface area contributed by atoms with E-state index in [1.807, 2.05) is 0 Å². The summed E-state index contributed by atoms with van der Waals surface area (Å²) in [5.41, 5.74) is 0.452. The average molecular weight is 329 g/mol. The fourth-order valence-electron chi connectivity index (χ4n) is 2.10. The Morgan fingerprint density at radius 3 is 2.78 bits per heavy atom. The number of anilines is 1. The van der Waals surface area contributed by atoms with Crippen LogP contribution in [0.25, 0.3) is 0 Å². The number of benzene rings is 1. The van der Waals surface area contributed by atoms with Gasteiger partial charge in [0.1, 0.15) is 5.76 Å². The van der Waals surface area contributed by atoms with E-state index in [1.165, 1.54) is 10.6 Å². The van der Waals surface area contributed by atoms with Crippen LogP contribution in [0, 0.1) is 0 Å². The minimum Gasteiger partial charge on any atom is -0.454 e. The maximum Gasteiger partial charge on any atom is 0.291 e. The summed E-state index contributed by atoms with van der Waals surface area (Å²) in [7, 11) is 0. The van der Waals surface area contributed by atoms with Gasteiger partial charge in [-0.3, -0.25) is 9.59 Å². The largest absolute Gasteiger partial charge is 0.454 e. The number of nitrogens with one attached hydrogen (secondary N) is 1. The van der Waals surface area contributed by atoms with E-state index < -0.39 is 0 Å². The molecule has 0 saturated carbocycles. The fourth-order valence-corrected chi connectivity index (χ4v) is 2.29. The molecule has 5 nitrogen and oxygen atoms in total. The lowest BCUT2D eigenvalue weighted by atomic mass is 10.3. The first-order valence-corrected chi connectivity index (χ1v) is 7.31. The second-order valence-electron chi connectivity index (χ2n) is 4.90. The van der Waals surface area contributed by atoms with Gasteiger partial charge >= 0.3 is 0 Å². The molecule has 23 heavy (non-hydrogen) atoms. The molecule has 0 bridgehead atoms. The van der Waals surface area contributed by atoms with Crippen molar-refractivity contribution in [1.82, 2.24) is 4.57 Å². The molecule has 0 aliphatic rings. The topological polar surface area (TPSA) is 64.2 Å². The van der Waals surface area contributed by atoms with Crippen molar-refractivity contribution >= 4 is 23.2 Å². The molecule has 0 spiro atoms. The molecule has 0 aliphatic carbocycles. The zero-order chi connectivity index (χ0) is 16.2. The highest BCUT2D eigenvalue weighted by atomic mass is 35.5. The number of rotatable bonds is 4. The Morgan fingerprint density at radius 2 is 2.00 bits per heavy atom. The third-order valence-electron chi connectivity index (χ3n) is 3.19. The maximum absolute atomic E-state index is 12.1. The number of carbonyl (C=O) groups excluding carboxylic acids is 1. The third kappa shape index (κ3) is 3.70. The summed E-state index contributed by atoms with van der Waals surface area (Å²) >= 11 is 5.88. The van der Waals surface area contributed by atoms with Crippen molar-refractivity contribution < 1.29 is 9.21 Å². The number of nitrogens with zero attached hydrogens (tertiary/aromatic N) is 1. The lowest BCUT2D eigenvalue weighted by Crippen LogP contribution is -2.18. The molecule has 0 unspecified atom stereocenters. The minimum atomic E-state index is -0.376. The molecule has 116 valence electrons. The maximum atomic E-state index is 12.1. The van der Waals surface area contributed by atoms with Crippen molar-refractivity contribution in [3.63, 3.8) is 0 Å². The highest BCUT2D eigenvalue weighted by molar-refractivity contribution is 6.30. The molecule has 1 amide bonds. The van der Waals surface area contributed by atoms with E-state index in [2.05, 4.69) is 5.32 Å². The Bertz CT molecular complexity index is 898. The van der Waals surface area contributed by atoms with Gasteiger partial charge in [-0.2, -0.15) is 0 Å². The highest BCUT2D eigenvalue weighted by Gasteiger charge is 2.12. The van der Waals surface area contributed by atoms with Crippen LogP contribution in [-0.2, 0) is 6.54 Å². The van der Waals surface area contributed by atoms with Crippen molar-refractivity contribution in [3.05, 3.63) is 87.7 Å². The summed E-state index contributed by atoms with van der Waals surface area (Å²) in [5, 5.41) is 3.24. The van der Waals surface area contributed by atoms with Gasteiger partial charge in [0.05, 0.1) is 6.54 Å². The number of carbonyl (C=O) groups is 1. The van der Waals surface area contributed by atoms with Gasteiger partial charge in [-0.05, 0) is 36.4 Å². The van der Waals surface area contributed by atoms with Crippen LogP contribution < -0.4 is 10.9 Å². The molecule has 1 N–H and O–H groups in total. The normalized spacial score (nSPS) is 10.5. The van der Waals surface area contributed by atoms with Crippen LogP contribution in [0.1, 0.15) is 16.3 Å². The number of pyridine rings is 1. The van der Waals surface area contributed by atoms with Crippen molar-refractivity contribution in [1.29, 1.82) is 0 Å². The van der Waals surface area contributed by atoms with Gasteiger partial charge in [0.2, 0.25) is 0 Å². The number of amides is 1. The predicted molar refractivity (Wildman–Crippen MR) is 87.9 cm³/mol. The van der Waals surface area contributed by atoms with Crippen LogP contribution >= 0.6 is 11.6 Å². The van der Waals surface area contributed by atoms with Crippen molar-refractivity contribution in [2.75, 3.05) is 5.32 Å². The number of hydrogen-bond donors (Lipinski definition) is 1. The molecule has 0 fully saturated rings. The molecular weight excluding hydrogens is 316 g/mol.